The Bertz CT molecular complexity index is 1660. The van der Waals surface area contributed by atoms with Crippen molar-refractivity contribution < 1.29 is 24.1 Å². The molecule has 0 saturated heterocycles. The highest BCUT2D eigenvalue weighted by Gasteiger charge is 2.62. The van der Waals surface area contributed by atoms with E-state index in [0.29, 0.717) is 30.4 Å². The Morgan fingerprint density at radius 2 is 2.05 bits per heavy atom. The lowest BCUT2D eigenvalue weighted by Gasteiger charge is -2.56. The van der Waals surface area contributed by atoms with Gasteiger partial charge in [0.2, 0.25) is 6.79 Å². The Labute approximate surface area is 263 Å². The third-order valence-electron chi connectivity index (χ3n) is 11.4. The Morgan fingerprint density at radius 1 is 1.20 bits per heavy atom. The number of fused-ring (bicyclic) bond motifs is 9. The number of aromatic nitrogens is 1. The van der Waals surface area contributed by atoms with Gasteiger partial charge in [0.25, 0.3) is 0 Å². The molecule has 3 heterocycles. The summed E-state index contributed by atoms with van der Waals surface area (Å²) in [5, 5.41) is 14.6. The smallest absolute Gasteiger partial charge is 0.329 e. The van der Waals surface area contributed by atoms with Crippen LogP contribution in [0.15, 0.2) is 42.6 Å². The monoisotopic (exact) mass is 614 g/mol. The van der Waals surface area contributed by atoms with Crippen LogP contribution in [-0.2, 0) is 23.1 Å². The van der Waals surface area contributed by atoms with Crippen molar-refractivity contribution >= 4 is 23.3 Å². The quantitative estimate of drug-likeness (QED) is 0.295. The highest BCUT2D eigenvalue weighted by molar-refractivity contribution is 6.32. The molecule has 0 radical (unpaired) electrons. The lowest BCUT2D eigenvalue weighted by Crippen LogP contribution is -2.59. The summed E-state index contributed by atoms with van der Waals surface area (Å²) in [4.78, 5) is 17.5. The maximum atomic E-state index is 12.8. The molecule has 1 unspecified atom stereocenters. The van der Waals surface area contributed by atoms with E-state index in [0.717, 1.165) is 54.2 Å². The molecule has 1 saturated carbocycles. The lowest BCUT2D eigenvalue weighted by atomic mass is 9.51. The van der Waals surface area contributed by atoms with Crippen LogP contribution in [0.4, 0.5) is 5.69 Å². The van der Waals surface area contributed by atoms with Gasteiger partial charge in [0, 0.05) is 39.5 Å². The number of aliphatic carboxylic acids is 1. The molecule has 2 aliphatic heterocycles. The molecule has 6 atom stereocenters. The summed E-state index contributed by atoms with van der Waals surface area (Å²) in [7, 11) is 0. The molecule has 2 N–H and O–H groups in total. The first-order valence-electron chi connectivity index (χ1n) is 16.1. The summed E-state index contributed by atoms with van der Waals surface area (Å²) in [6, 6.07) is 12.2. The van der Waals surface area contributed by atoms with E-state index in [-0.39, 0.29) is 30.0 Å². The number of benzene rings is 2. The summed E-state index contributed by atoms with van der Waals surface area (Å²) in [6.07, 6.45) is 8.90. The molecule has 2 bridgehead atoms. The van der Waals surface area contributed by atoms with E-state index in [9.17, 15) is 9.90 Å². The van der Waals surface area contributed by atoms with Gasteiger partial charge < -0.3 is 24.6 Å². The third-order valence-corrected chi connectivity index (χ3v) is 11.7. The Balaban J connectivity index is 1.16. The van der Waals surface area contributed by atoms with Gasteiger partial charge in [-0.15, -0.1) is 0 Å². The van der Waals surface area contributed by atoms with Crippen molar-refractivity contribution in [3.63, 3.8) is 0 Å². The minimum Gasteiger partial charge on any atom is -0.493 e. The van der Waals surface area contributed by atoms with Gasteiger partial charge in [-0.2, -0.15) is 0 Å². The average Bonchev–Trinajstić information content (AvgIpc) is 3.58. The molecule has 1 spiro atoms. The number of anilines is 1. The van der Waals surface area contributed by atoms with Crippen molar-refractivity contribution in [3.8, 4) is 17.2 Å². The number of rotatable bonds is 6. The Kier molecular flexibility index (Phi) is 6.57. The van der Waals surface area contributed by atoms with Crippen molar-refractivity contribution in [2.45, 2.75) is 88.0 Å². The molecule has 3 aliphatic carbocycles. The number of carboxylic acids is 1. The number of nitrogens with zero attached hydrogens (tertiary/aromatic N) is 1. The molecule has 2 aromatic carbocycles. The van der Waals surface area contributed by atoms with Crippen molar-refractivity contribution in [2.75, 3.05) is 18.7 Å². The number of nitrogens with one attached hydrogen (secondary N) is 1. The summed E-state index contributed by atoms with van der Waals surface area (Å²) in [5.41, 5.74) is 5.61. The minimum atomic E-state index is -1.01. The normalized spacial score (nSPS) is 29.8. The van der Waals surface area contributed by atoms with E-state index in [4.69, 9.17) is 25.8 Å². The molecule has 1 aromatic heterocycles. The first-order valence-corrected chi connectivity index (χ1v) is 16.5. The number of aryl methyl sites for hydroxylation is 1. The maximum Gasteiger partial charge on any atom is 0.329 e. The molecule has 230 valence electrons. The Morgan fingerprint density at radius 3 is 2.89 bits per heavy atom. The Hall–Kier alpha value is -3.45. The first-order chi connectivity index (χ1) is 21.3. The van der Waals surface area contributed by atoms with Crippen molar-refractivity contribution in [3.05, 3.63) is 75.6 Å². The van der Waals surface area contributed by atoms with Gasteiger partial charge in [-0.25, -0.2) is 4.79 Å². The molecule has 3 aromatic rings. The van der Waals surface area contributed by atoms with Crippen LogP contribution in [0.2, 0.25) is 5.02 Å². The second-order valence-corrected chi connectivity index (χ2v) is 14.3. The summed E-state index contributed by atoms with van der Waals surface area (Å²) >= 11 is 6.98. The van der Waals surface area contributed by atoms with Crippen LogP contribution >= 0.6 is 11.6 Å². The third kappa shape index (κ3) is 4.14. The van der Waals surface area contributed by atoms with Crippen LogP contribution in [0.5, 0.6) is 17.2 Å². The maximum absolute atomic E-state index is 12.8. The molecule has 8 rings (SSSR count). The molecule has 8 heteroatoms. The molecular weight excluding hydrogens is 576 g/mol. The van der Waals surface area contributed by atoms with Gasteiger partial charge in [-0.3, -0.25) is 4.98 Å². The topological polar surface area (TPSA) is 89.9 Å². The zero-order valence-corrected chi connectivity index (χ0v) is 26.1. The second kappa shape index (κ2) is 10.3. The second-order valence-electron chi connectivity index (χ2n) is 13.9. The predicted molar refractivity (Wildman–Crippen MR) is 168 cm³/mol. The summed E-state index contributed by atoms with van der Waals surface area (Å²) in [6.45, 7) is 5.41. The number of hydrogen-bond donors (Lipinski definition) is 2. The van der Waals surface area contributed by atoms with Gasteiger partial charge in [0.1, 0.15) is 11.3 Å². The predicted octanol–water partition coefficient (Wildman–Crippen LogP) is 7.64. The van der Waals surface area contributed by atoms with Gasteiger partial charge in [-0.05, 0) is 116 Å². The van der Waals surface area contributed by atoms with Crippen LogP contribution in [-0.4, -0.2) is 35.0 Å². The van der Waals surface area contributed by atoms with Crippen LogP contribution in [0.25, 0.3) is 0 Å². The SMILES string of the molecule is C[C@@H](COc1ccnc2c1[C@H](C)CCC2)C[C@H]1Cc2cc3c(cc2[C@@]12CC[C@]1(C(=O)O)CC2c2c(Cl)cccc2N1)OCO3. The van der Waals surface area contributed by atoms with Crippen LogP contribution < -0.4 is 19.5 Å². The molecule has 1 fully saturated rings. The number of halogens is 1. The van der Waals surface area contributed by atoms with E-state index >= 15 is 0 Å². The zero-order valence-electron chi connectivity index (χ0n) is 25.3. The molecule has 5 aliphatic rings. The van der Waals surface area contributed by atoms with Crippen LogP contribution in [0, 0.1) is 11.8 Å². The van der Waals surface area contributed by atoms with Gasteiger partial charge in [-0.1, -0.05) is 31.5 Å². The number of pyridine rings is 1. The van der Waals surface area contributed by atoms with Gasteiger partial charge >= 0.3 is 5.97 Å². The number of carbonyl (C=O) groups is 1. The summed E-state index contributed by atoms with van der Waals surface area (Å²) < 4.78 is 18.3. The van der Waals surface area contributed by atoms with E-state index in [1.54, 1.807) is 0 Å². The van der Waals surface area contributed by atoms with Crippen molar-refractivity contribution in [1.82, 2.24) is 4.98 Å². The number of ether oxygens (including phenoxy) is 3. The van der Waals surface area contributed by atoms with E-state index < -0.39 is 11.5 Å². The molecule has 44 heavy (non-hydrogen) atoms. The van der Waals surface area contributed by atoms with E-state index in [1.165, 1.54) is 35.2 Å². The van der Waals surface area contributed by atoms with Crippen LogP contribution in [0.1, 0.15) is 92.2 Å². The van der Waals surface area contributed by atoms with E-state index in [2.05, 4.69) is 36.3 Å². The fraction of sp³-hybridized carbons (Fsp3) is 0.500. The fourth-order valence-electron chi connectivity index (χ4n) is 9.42. The number of carboxylic acid groups (broad SMARTS) is 1. The molecule has 0 amide bonds. The van der Waals surface area contributed by atoms with E-state index in [1.807, 2.05) is 30.5 Å². The average molecular weight is 615 g/mol. The molecular formula is C36H39ClN2O5. The fourth-order valence-corrected chi connectivity index (χ4v) is 9.73. The lowest BCUT2D eigenvalue weighted by molar-refractivity contribution is -0.145. The molecule has 7 nitrogen and oxygen atoms in total. The highest BCUT2D eigenvalue weighted by Crippen LogP contribution is 2.66. The zero-order chi connectivity index (χ0) is 30.2. The number of hydrogen-bond acceptors (Lipinski definition) is 6. The minimum absolute atomic E-state index is 0.0508. The standard InChI is InChI=1S/C36H39ClN2O5/c1-20(18-42-29-9-12-38-27-7-3-5-21(2)32(27)29)13-23-14-22-15-30-31(44-19-43-30)16-24(22)36(23)11-10-35(34(40)41)17-25(36)33-26(37)6-4-8-28(33)39-35/h4,6,8-9,12,15-16,20-21,23,25,39H,3,5,7,10-11,13-14,17-19H2,1-2H3,(H,40,41)/t20-,21-,23+,25?,35-,36-/m1/s1. The van der Waals surface area contributed by atoms with Crippen molar-refractivity contribution in [1.29, 1.82) is 0 Å². The van der Waals surface area contributed by atoms with Gasteiger partial charge in [0.15, 0.2) is 11.5 Å². The summed E-state index contributed by atoms with van der Waals surface area (Å²) in [5.74, 6) is 2.73. The first kappa shape index (κ1) is 28.1. The van der Waals surface area contributed by atoms with Gasteiger partial charge in [0.05, 0.1) is 6.61 Å². The largest absolute Gasteiger partial charge is 0.493 e. The van der Waals surface area contributed by atoms with Crippen LogP contribution in [0.3, 0.4) is 0 Å². The highest BCUT2D eigenvalue weighted by atomic mass is 35.5. The van der Waals surface area contributed by atoms with Crippen molar-refractivity contribution in [2.24, 2.45) is 11.8 Å².